The van der Waals surface area contributed by atoms with E-state index in [9.17, 15) is 10.5 Å². The second-order valence-corrected chi connectivity index (χ2v) is 19.8. The quantitative estimate of drug-likeness (QED) is 0.161. The molecule has 11 rings (SSSR count). The van der Waals surface area contributed by atoms with Crippen LogP contribution in [-0.4, -0.2) is 11.1 Å². The maximum Gasteiger partial charge on any atom is 0.0991 e. The van der Waals surface area contributed by atoms with Crippen molar-refractivity contribution in [1.82, 2.24) is 0 Å². The van der Waals surface area contributed by atoms with Gasteiger partial charge in [-0.05, 0) is 180 Å². The molecule has 0 bridgehead atoms. The summed E-state index contributed by atoms with van der Waals surface area (Å²) in [4.78, 5) is 5.21. The number of nitriles is 2. The van der Waals surface area contributed by atoms with Gasteiger partial charge < -0.3 is 9.80 Å². The van der Waals surface area contributed by atoms with Gasteiger partial charge in [0, 0.05) is 39.6 Å². The van der Waals surface area contributed by atoms with E-state index in [0.29, 0.717) is 11.1 Å². The second kappa shape index (κ2) is 14.9. The standard InChI is InChI=1S/C59H56N4/c1-5-41-35-44(19-29-53(41)62(57(2)31-7-6-8-32-57)46-21-11-39(37-60)12-22-46)48-25-15-42-18-28-51-49(26-16-43-17-27-50(48)55(42)56(43)51)45-20-30-54-52(36-45)58(3)33-9-10-34-59(58,4)63(54)47-23-13-40(38-61)14-24-47/h11-17,19-30,35-36,49H,5-10,18,31-34H2,1-4H3. The fraction of sp³-hybridized carbons (Fsp3) is 0.322. The molecule has 0 spiro atoms. The van der Waals surface area contributed by atoms with Gasteiger partial charge in [0.15, 0.2) is 0 Å². The lowest BCUT2D eigenvalue weighted by atomic mass is 9.61. The highest BCUT2D eigenvalue weighted by molar-refractivity contribution is 6.09. The topological polar surface area (TPSA) is 54.1 Å². The van der Waals surface area contributed by atoms with Crippen molar-refractivity contribution in [2.24, 2.45) is 0 Å². The molecule has 1 heterocycles. The number of anilines is 4. The number of hydrogen-bond acceptors (Lipinski definition) is 4. The Labute approximate surface area is 373 Å². The van der Waals surface area contributed by atoms with Gasteiger partial charge in [-0.2, -0.15) is 10.5 Å². The van der Waals surface area contributed by atoms with Gasteiger partial charge in [-0.15, -0.1) is 0 Å². The van der Waals surface area contributed by atoms with Gasteiger partial charge in [0.2, 0.25) is 0 Å². The molecule has 3 atom stereocenters. The van der Waals surface area contributed by atoms with Crippen LogP contribution in [0.3, 0.4) is 0 Å². The Morgan fingerprint density at radius 2 is 1.46 bits per heavy atom. The van der Waals surface area contributed by atoms with Crippen molar-refractivity contribution in [2.75, 3.05) is 9.80 Å². The van der Waals surface area contributed by atoms with E-state index in [1.54, 1.807) is 0 Å². The maximum atomic E-state index is 9.60. The Hall–Kier alpha value is -6.36. The minimum atomic E-state index is -0.0490. The van der Waals surface area contributed by atoms with Crippen LogP contribution in [0, 0.1) is 22.7 Å². The molecule has 1 aliphatic heterocycles. The third-order valence-electron chi connectivity index (χ3n) is 16.4. The summed E-state index contributed by atoms with van der Waals surface area (Å²) >= 11 is 0. The van der Waals surface area contributed by atoms with E-state index in [1.165, 1.54) is 122 Å². The maximum absolute atomic E-state index is 9.60. The molecule has 0 amide bonds. The number of nitrogens with zero attached hydrogens (tertiary/aromatic N) is 4. The number of allylic oxidation sites excluding steroid dienone is 3. The van der Waals surface area contributed by atoms with Crippen LogP contribution in [0.4, 0.5) is 22.7 Å². The third-order valence-corrected chi connectivity index (χ3v) is 16.4. The minimum absolute atomic E-state index is 0.00600. The molecule has 3 unspecified atom stereocenters. The first-order valence-corrected chi connectivity index (χ1v) is 23.5. The summed E-state index contributed by atoms with van der Waals surface area (Å²) in [5, 5.41) is 21.9. The Morgan fingerprint density at radius 1 is 0.730 bits per heavy atom. The van der Waals surface area contributed by atoms with Crippen molar-refractivity contribution in [1.29, 1.82) is 10.5 Å². The van der Waals surface area contributed by atoms with Crippen LogP contribution >= 0.6 is 0 Å². The van der Waals surface area contributed by atoms with Gasteiger partial charge in [0.25, 0.3) is 0 Å². The van der Waals surface area contributed by atoms with Gasteiger partial charge in [0.1, 0.15) is 0 Å². The average molecular weight is 821 g/mol. The van der Waals surface area contributed by atoms with Gasteiger partial charge in [0.05, 0.1) is 28.8 Å². The van der Waals surface area contributed by atoms with E-state index >= 15 is 0 Å². The Balaban J connectivity index is 0.984. The normalized spacial score (nSPS) is 22.7. The Morgan fingerprint density at radius 3 is 2.21 bits per heavy atom. The molecule has 0 N–H and O–H groups in total. The van der Waals surface area contributed by atoms with Crippen LogP contribution in [0.1, 0.15) is 136 Å². The van der Waals surface area contributed by atoms with Gasteiger partial charge in [-0.3, -0.25) is 0 Å². The monoisotopic (exact) mass is 820 g/mol. The van der Waals surface area contributed by atoms with Crippen molar-refractivity contribution >= 4 is 45.2 Å². The third kappa shape index (κ3) is 5.98. The second-order valence-electron chi connectivity index (χ2n) is 19.8. The molecule has 2 saturated carbocycles. The van der Waals surface area contributed by atoms with Crippen molar-refractivity contribution in [3.05, 3.63) is 166 Å². The molecule has 312 valence electrons. The van der Waals surface area contributed by atoms with Crippen LogP contribution in [0.2, 0.25) is 0 Å². The summed E-state index contributed by atoms with van der Waals surface area (Å²) in [6.07, 6.45) is 20.1. The van der Waals surface area contributed by atoms with E-state index in [-0.39, 0.29) is 22.4 Å². The van der Waals surface area contributed by atoms with E-state index in [2.05, 4.69) is 153 Å². The lowest BCUT2D eigenvalue weighted by Gasteiger charge is -2.50. The Bertz CT molecular complexity index is 2970. The predicted octanol–water partition coefficient (Wildman–Crippen LogP) is 15.2. The molecule has 4 heteroatoms. The number of hydrogen-bond donors (Lipinski definition) is 0. The number of rotatable bonds is 7. The van der Waals surface area contributed by atoms with Crippen molar-refractivity contribution in [2.45, 2.75) is 121 Å². The summed E-state index contributed by atoms with van der Waals surface area (Å²) in [5.41, 5.74) is 18.6. The molecule has 0 radical (unpaired) electrons. The first-order chi connectivity index (χ1) is 30.7. The first-order valence-electron chi connectivity index (χ1n) is 23.5. The molecule has 63 heavy (non-hydrogen) atoms. The smallest absolute Gasteiger partial charge is 0.0991 e. The van der Waals surface area contributed by atoms with E-state index in [0.717, 1.165) is 32.1 Å². The number of aryl methyl sites for hydroxylation is 1. The molecule has 6 aromatic carbocycles. The van der Waals surface area contributed by atoms with Gasteiger partial charge >= 0.3 is 0 Å². The highest BCUT2D eigenvalue weighted by atomic mass is 15.3. The van der Waals surface area contributed by atoms with Crippen LogP contribution in [-0.2, 0) is 18.3 Å². The average Bonchev–Trinajstić information content (AvgIpc) is 3.53. The fourth-order valence-electron chi connectivity index (χ4n) is 12.9. The number of benzene rings is 6. The summed E-state index contributed by atoms with van der Waals surface area (Å²) < 4.78 is 0. The lowest BCUT2D eigenvalue weighted by molar-refractivity contribution is 0.195. The van der Waals surface area contributed by atoms with E-state index < -0.39 is 0 Å². The molecular formula is C59H56N4. The van der Waals surface area contributed by atoms with Crippen molar-refractivity contribution in [3.8, 4) is 23.3 Å². The van der Waals surface area contributed by atoms with E-state index in [1.807, 2.05) is 24.3 Å². The highest BCUT2D eigenvalue weighted by Crippen LogP contribution is 2.61. The van der Waals surface area contributed by atoms with E-state index in [4.69, 9.17) is 0 Å². The minimum Gasteiger partial charge on any atom is -0.335 e. The van der Waals surface area contributed by atoms with Gasteiger partial charge in [-0.25, -0.2) is 0 Å². The van der Waals surface area contributed by atoms with Crippen LogP contribution < -0.4 is 9.80 Å². The zero-order valence-electron chi connectivity index (χ0n) is 37.3. The molecule has 0 aromatic heterocycles. The summed E-state index contributed by atoms with van der Waals surface area (Å²) in [5.74, 6) is 0.174. The molecule has 0 saturated heterocycles. The summed E-state index contributed by atoms with van der Waals surface area (Å²) in [6, 6.07) is 45.2. The molecule has 2 fully saturated rings. The molecule has 4 nitrogen and oxygen atoms in total. The van der Waals surface area contributed by atoms with Crippen LogP contribution in [0.15, 0.2) is 121 Å². The zero-order valence-corrected chi connectivity index (χ0v) is 37.3. The Kier molecular flexibility index (Phi) is 9.33. The van der Waals surface area contributed by atoms with Crippen LogP contribution in [0.25, 0.3) is 33.5 Å². The fourth-order valence-corrected chi connectivity index (χ4v) is 12.9. The van der Waals surface area contributed by atoms with Crippen molar-refractivity contribution in [3.63, 3.8) is 0 Å². The lowest BCUT2D eigenvalue weighted by Crippen LogP contribution is -2.54. The first kappa shape index (κ1) is 39.5. The molecule has 5 aliphatic rings. The van der Waals surface area contributed by atoms with Crippen molar-refractivity contribution < 1.29 is 0 Å². The zero-order chi connectivity index (χ0) is 43.1. The highest BCUT2D eigenvalue weighted by Gasteiger charge is 2.57. The summed E-state index contributed by atoms with van der Waals surface area (Å²) in [6.45, 7) is 9.74. The number of fused-ring (bicyclic) bond motifs is 3. The molecular weight excluding hydrogens is 765 g/mol. The van der Waals surface area contributed by atoms with Crippen LogP contribution in [0.5, 0.6) is 0 Å². The predicted molar refractivity (Wildman–Crippen MR) is 261 cm³/mol. The SMILES string of the molecule is CCc1cc(-c2ccc3c4c5c(ccc24)C=CC(c2ccc4c(c2)C2(C)CCCCC2(C)N4c2ccc(C#N)cc2)C5=CC3)ccc1N(c1ccc(C#N)cc1)C1(C)CCCCC1. The van der Waals surface area contributed by atoms with Gasteiger partial charge in [-0.1, -0.05) is 107 Å². The molecule has 6 aromatic rings. The molecule has 4 aliphatic carbocycles. The summed E-state index contributed by atoms with van der Waals surface area (Å²) in [7, 11) is 0. The largest absolute Gasteiger partial charge is 0.335 e.